The molecule has 0 atom stereocenters. The van der Waals surface area contributed by atoms with Crippen molar-refractivity contribution in [2.45, 2.75) is 32.6 Å². The number of hydrogen-bond acceptors (Lipinski definition) is 0. The molecule has 1 aliphatic carbocycles. The van der Waals surface area contributed by atoms with Gasteiger partial charge in [-0.1, -0.05) is 56.5 Å². The average Bonchev–Trinajstić information content (AvgIpc) is 3.24. The average molecular weight is 540 g/mol. The van der Waals surface area contributed by atoms with Crippen LogP contribution in [0, 0.1) is 43.2 Å². The molecule has 0 unspecified atom stereocenters. The van der Waals surface area contributed by atoms with Gasteiger partial charge >= 0.3 is 0 Å². The van der Waals surface area contributed by atoms with Gasteiger partial charge in [-0.2, -0.15) is 23.8 Å². The zero-order valence-electron chi connectivity index (χ0n) is 18.7. The molecule has 0 radical (unpaired) electrons. The van der Waals surface area contributed by atoms with Gasteiger partial charge in [0, 0.05) is 25.8 Å². The summed E-state index contributed by atoms with van der Waals surface area (Å²) in [5, 5.41) is 2.70. The van der Waals surface area contributed by atoms with Gasteiger partial charge in [-0.25, -0.2) is 17.7 Å². The molecule has 0 saturated heterocycles. The summed E-state index contributed by atoms with van der Waals surface area (Å²) < 4.78 is 0. The fourth-order valence-electron chi connectivity index (χ4n) is 2.91. The Bertz CT molecular complexity index is 734. The first-order chi connectivity index (χ1) is 10.9. The van der Waals surface area contributed by atoms with E-state index < -0.39 is 0 Å². The molecule has 3 aromatic rings. The van der Waals surface area contributed by atoms with Crippen molar-refractivity contribution in [2.75, 3.05) is 0 Å². The minimum Gasteiger partial charge on any atom is -0.358 e. The van der Waals surface area contributed by atoms with Gasteiger partial charge in [0.2, 0.25) is 0 Å². The van der Waals surface area contributed by atoms with Crippen LogP contribution in [0.3, 0.4) is 0 Å². The normalized spacial score (nSPS) is 9.82. The van der Waals surface area contributed by atoms with Gasteiger partial charge in [0.15, 0.2) is 0 Å². The molecule has 0 aromatic heterocycles. The van der Waals surface area contributed by atoms with Gasteiger partial charge in [-0.15, -0.1) is 18.1 Å². The molecule has 0 saturated carbocycles. The van der Waals surface area contributed by atoms with E-state index in [-0.39, 0.29) is 63.0 Å². The maximum atomic E-state index is 3.55. The summed E-state index contributed by atoms with van der Waals surface area (Å²) >= 11 is 0. The standard InChI is InChI=1S/C17H17.C5H5.5CH3.Hf/c1-2-3-6-13-9-10-16-11-14-7-4-5-8-15(14)12-17(13)16;1-2-4-5-3-1;;;;;;/h4-5,7-8,11-12H,2-3,6,10H2,1H3;1-5H;5*1H3;/q7*-1;. The van der Waals surface area contributed by atoms with Crippen LogP contribution in [0.2, 0.25) is 0 Å². The van der Waals surface area contributed by atoms with Crippen molar-refractivity contribution in [1.29, 1.82) is 0 Å². The van der Waals surface area contributed by atoms with E-state index in [0.29, 0.717) is 0 Å². The largest absolute Gasteiger partial charge is 0.358 e. The Labute approximate surface area is 195 Å². The van der Waals surface area contributed by atoms with Crippen LogP contribution >= 0.6 is 0 Å². The Morgan fingerprint density at radius 2 is 1.43 bits per heavy atom. The van der Waals surface area contributed by atoms with Crippen molar-refractivity contribution in [2.24, 2.45) is 0 Å². The number of fused-ring (bicyclic) bond motifs is 2. The topological polar surface area (TPSA) is 0 Å². The Kier molecular flexibility index (Phi) is 21.7. The molecule has 0 N–H and O–H groups in total. The van der Waals surface area contributed by atoms with Gasteiger partial charge in [0.1, 0.15) is 0 Å². The minimum absolute atomic E-state index is 0. The van der Waals surface area contributed by atoms with E-state index in [1.54, 1.807) is 0 Å². The number of unbranched alkanes of at least 4 members (excludes halogenated alkanes) is 1. The van der Waals surface area contributed by atoms with E-state index in [0.717, 1.165) is 6.42 Å². The number of rotatable bonds is 3. The zero-order valence-corrected chi connectivity index (χ0v) is 22.3. The fraction of sp³-hybridized carbons (Fsp3) is 0.185. The molecule has 28 heavy (non-hydrogen) atoms. The molecular weight excluding hydrogens is 503 g/mol. The fourth-order valence-corrected chi connectivity index (χ4v) is 2.91. The van der Waals surface area contributed by atoms with Crippen molar-refractivity contribution in [1.82, 2.24) is 0 Å². The van der Waals surface area contributed by atoms with Crippen molar-refractivity contribution in [3.8, 4) is 0 Å². The van der Waals surface area contributed by atoms with Gasteiger partial charge in [0.25, 0.3) is 0 Å². The van der Waals surface area contributed by atoms with Crippen molar-refractivity contribution in [3.05, 3.63) is 121 Å². The summed E-state index contributed by atoms with van der Waals surface area (Å²) in [6, 6.07) is 23.3. The van der Waals surface area contributed by atoms with Crippen LogP contribution in [0.4, 0.5) is 0 Å². The first-order valence-electron chi connectivity index (χ1n) is 8.17. The van der Waals surface area contributed by atoms with Gasteiger partial charge in [-0.05, 0) is 10.8 Å². The molecule has 0 bridgehead atoms. The first-order valence-corrected chi connectivity index (χ1v) is 8.17. The molecule has 0 amide bonds. The van der Waals surface area contributed by atoms with Crippen LogP contribution in [-0.2, 0) is 32.3 Å². The maximum Gasteiger partial charge on any atom is 0 e. The molecular formula is C27H37Hf-7. The second-order valence-electron chi connectivity index (χ2n) is 5.75. The van der Waals surface area contributed by atoms with Crippen molar-refractivity contribution < 1.29 is 25.8 Å². The van der Waals surface area contributed by atoms with Gasteiger partial charge in [-0.3, -0.25) is 6.08 Å². The third-order valence-electron chi connectivity index (χ3n) is 4.12. The van der Waals surface area contributed by atoms with Gasteiger partial charge < -0.3 is 37.1 Å². The molecule has 0 spiro atoms. The van der Waals surface area contributed by atoms with E-state index in [9.17, 15) is 0 Å². The van der Waals surface area contributed by atoms with Crippen LogP contribution in [0.25, 0.3) is 16.3 Å². The predicted octanol–water partition coefficient (Wildman–Crippen LogP) is 8.43. The van der Waals surface area contributed by atoms with Crippen LogP contribution in [0.1, 0.15) is 37.3 Å². The summed E-state index contributed by atoms with van der Waals surface area (Å²) in [4.78, 5) is 0. The molecule has 156 valence electrons. The summed E-state index contributed by atoms with van der Waals surface area (Å²) in [6.07, 6.45) is 8.26. The van der Waals surface area contributed by atoms with Crippen LogP contribution < -0.4 is 0 Å². The second kappa shape index (κ2) is 17.7. The Morgan fingerprint density at radius 3 is 1.93 bits per heavy atom. The summed E-state index contributed by atoms with van der Waals surface area (Å²) in [7, 11) is 0. The van der Waals surface area contributed by atoms with E-state index in [1.807, 2.05) is 30.3 Å². The van der Waals surface area contributed by atoms with E-state index in [1.165, 1.54) is 46.7 Å². The zero-order chi connectivity index (χ0) is 15.2. The summed E-state index contributed by atoms with van der Waals surface area (Å²) in [5.74, 6) is 0. The third kappa shape index (κ3) is 8.78. The molecule has 0 nitrogen and oxygen atoms in total. The van der Waals surface area contributed by atoms with E-state index >= 15 is 0 Å². The smallest absolute Gasteiger partial charge is 0 e. The Hall–Kier alpha value is -1.34. The Morgan fingerprint density at radius 1 is 0.857 bits per heavy atom. The van der Waals surface area contributed by atoms with E-state index in [4.69, 9.17) is 0 Å². The van der Waals surface area contributed by atoms with E-state index in [2.05, 4.69) is 49.4 Å². The summed E-state index contributed by atoms with van der Waals surface area (Å²) in [6.45, 7) is 2.25. The van der Waals surface area contributed by atoms with Crippen molar-refractivity contribution >= 4 is 16.3 Å². The van der Waals surface area contributed by atoms with Crippen LogP contribution in [0.5, 0.6) is 0 Å². The minimum atomic E-state index is 0. The first kappa shape index (κ1) is 34.2. The van der Waals surface area contributed by atoms with Crippen LogP contribution in [0.15, 0.2) is 66.7 Å². The second-order valence-corrected chi connectivity index (χ2v) is 5.75. The van der Waals surface area contributed by atoms with Crippen LogP contribution in [-0.4, -0.2) is 0 Å². The SMILES string of the molecule is CCCCC1=[C-]Cc2cc3ccccc3cc21.[CH3-].[CH3-].[CH3-].[CH3-].[CH3-].[Hf].c1cc[cH-]c1. The molecule has 1 heteroatoms. The number of hydrogen-bond donors (Lipinski definition) is 0. The van der Waals surface area contributed by atoms with Gasteiger partial charge in [0.05, 0.1) is 0 Å². The maximum absolute atomic E-state index is 3.55. The molecule has 4 rings (SSSR count). The number of allylic oxidation sites excluding steroid dienone is 2. The number of benzene rings is 2. The predicted molar refractivity (Wildman–Crippen MR) is 128 cm³/mol. The molecule has 0 aliphatic heterocycles. The summed E-state index contributed by atoms with van der Waals surface area (Å²) in [5.41, 5.74) is 4.33. The monoisotopic (exact) mass is 541 g/mol. The van der Waals surface area contributed by atoms with Crippen molar-refractivity contribution in [3.63, 3.8) is 0 Å². The Balaban J connectivity index is -0.000000233. The molecule has 1 aliphatic rings. The molecule has 0 fully saturated rings. The molecule has 3 aromatic carbocycles. The molecule has 0 heterocycles. The quantitative estimate of drug-likeness (QED) is 0.231. The third-order valence-corrected chi connectivity index (χ3v) is 4.12.